The van der Waals surface area contributed by atoms with Crippen LogP contribution in [0.4, 0.5) is 0 Å². The molecule has 204 valence electrons. The zero-order valence-electron chi connectivity index (χ0n) is 23.8. The summed E-state index contributed by atoms with van der Waals surface area (Å²) in [6.07, 6.45) is 3.12. The van der Waals surface area contributed by atoms with Gasteiger partial charge in [0, 0.05) is 23.5 Å². The zero-order chi connectivity index (χ0) is 27.7. The standard InChI is InChI=1S/C33H40N2O3Si/c1-33(2,3)39(4,5)38-30(29-19-13-23-34-32(29)37-25-27-16-10-7-11-17-27)22-21-28-18-12-20-31(35-28)36-24-26-14-8-6-9-15-26/h6-20,23,30H,21-22,24-25H2,1-5H3. The highest BCUT2D eigenvalue weighted by molar-refractivity contribution is 6.74. The van der Waals surface area contributed by atoms with Gasteiger partial charge in [0.1, 0.15) is 13.2 Å². The molecular formula is C33H40N2O3Si. The average molecular weight is 541 g/mol. The maximum atomic E-state index is 7.00. The van der Waals surface area contributed by atoms with Crippen LogP contribution >= 0.6 is 0 Å². The fraction of sp³-hybridized carbons (Fsp3) is 0.333. The fourth-order valence-corrected chi connectivity index (χ4v) is 5.30. The Hall–Kier alpha value is -3.48. The quantitative estimate of drug-likeness (QED) is 0.169. The van der Waals surface area contributed by atoms with Crippen LogP contribution in [0.2, 0.25) is 18.1 Å². The smallest absolute Gasteiger partial charge is 0.219 e. The second-order valence-corrected chi connectivity index (χ2v) is 16.1. The molecule has 4 aromatic rings. The summed E-state index contributed by atoms with van der Waals surface area (Å²) in [5.41, 5.74) is 4.18. The molecule has 5 nitrogen and oxygen atoms in total. The molecule has 1 unspecified atom stereocenters. The van der Waals surface area contributed by atoms with E-state index in [-0.39, 0.29) is 11.1 Å². The summed E-state index contributed by atoms with van der Waals surface area (Å²) in [4.78, 5) is 9.39. The first kappa shape index (κ1) is 28.5. The molecule has 0 aliphatic carbocycles. The Kier molecular flexibility index (Phi) is 9.54. The van der Waals surface area contributed by atoms with Gasteiger partial charge < -0.3 is 13.9 Å². The van der Waals surface area contributed by atoms with Crippen LogP contribution in [0, 0.1) is 0 Å². The Bertz CT molecular complexity index is 1310. The molecule has 0 bridgehead atoms. The highest BCUT2D eigenvalue weighted by Crippen LogP contribution is 2.42. The molecule has 39 heavy (non-hydrogen) atoms. The summed E-state index contributed by atoms with van der Waals surface area (Å²) in [7, 11) is -2.09. The molecule has 0 spiro atoms. The SMILES string of the molecule is CC(C)(C)[Si](C)(C)OC(CCc1cccc(OCc2ccccc2)n1)c1cccnc1OCc1ccccc1. The number of aryl methyl sites for hydroxylation is 1. The molecule has 0 saturated heterocycles. The Morgan fingerprint density at radius 3 is 2.03 bits per heavy atom. The molecule has 6 heteroatoms. The first-order valence-corrected chi connectivity index (χ1v) is 16.5. The van der Waals surface area contributed by atoms with E-state index in [0.717, 1.165) is 35.2 Å². The monoisotopic (exact) mass is 540 g/mol. The average Bonchev–Trinajstić information content (AvgIpc) is 2.94. The molecule has 0 radical (unpaired) electrons. The van der Waals surface area contributed by atoms with Gasteiger partial charge in [-0.25, -0.2) is 9.97 Å². The molecule has 0 amide bonds. The Balaban J connectivity index is 1.52. The molecule has 0 saturated carbocycles. The molecule has 0 aliphatic rings. The van der Waals surface area contributed by atoms with Crippen LogP contribution in [0.15, 0.2) is 97.2 Å². The Labute approximate surface area is 234 Å². The van der Waals surface area contributed by atoms with Gasteiger partial charge in [-0.1, -0.05) is 87.5 Å². The van der Waals surface area contributed by atoms with E-state index in [2.05, 4.69) is 75.2 Å². The highest BCUT2D eigenvalue weighted by Gasteiger charge is 2.40. The van der Waals surface area contributed by atoms with Crippen molar-refractivity contribution in [3.8, 4) is 11.8 Å². The number of aromatic nitrogens is 2. The lowest BCUT2D eigenvalue weighted by atomic mass is 10.0. The van der Waals surface area contributed by atoms with Gasteiger partial charge in [-0.2, -0.15) is 0 Å². The molecule has 2 heterocycles. The van der Waals surface area contributed by atoms with Crippen molar-refractivity contribution in [3.63, 3.8) is 0 Å². The summed E-state index contributed by atoms with van der Waals surface area (Å²) in [6.45, 7) is 12.3. The van der Waals surface area contributed by atoms with Crippen LogP contribution in [-0.2, 0) is 24.1 Å². The minimum absolute atomic E-state index is 0.0714. The lowest BCUT2D eigenvalue weighted by Gasteiger charge is -2.39. The van der Waals surface area contributed by atoms with Crippen molar-refractivity contribution in [2.24, 2.45) is 0 Å². The van der Waals surface area contributed by atoms with Crippen molar-refractivity contribution >= 4 is 8.32 Å². The van der Waals surface area contributed by atoms with Gasteiger partial charge in [0.05, 0.1) is 6.10 Å². The van der Waals surface area contributed by atoms with E-state index in [1.165, 1.54) is 0 Å². The van der Waals surface area contributed by atoms with Crippen molar-refractivity contribution in [1.82, 2.24) is 9.97 Å². The van der Waals surface area contributed by atoms with E-state index >= 15 is 0 Å². The van der Waals surface area contributed by atoms with Gasteiger partial charge >= 0.3 is 0 Å². The van der Waals surface area contributed by atoms with Crippen molar-refractivity contribution < 1.29 is 13.9 Å². The minimum Gasteiger partial charge on any atom is -0.473 e. The molecule has 0 aliphatic heterocycles. The van der Waals surface area contributed by atoms with Crippen LogP contribution in [0.25, 0.3) is 0 Å². The summed E-state index contributed by atoms with van der Waals surface area (Å²) in [6, 6.07) is 30.3. The highest BCUT2D eigenvalue weighted by atomic mass is 28.4. The third kappa shape index (κ3) is 8.25. The van der Waals surface area contributed by atoms with Crippen LogP contribution in [0.5, 0.6) is 11.8 Å². The van der Waals surface area contributed by atoms with Gasteiger partial charge in [-0.05, 0) is 60.3 Å². The molecule has 1 atom stereocenters. The van der Waals surface area contributed by atoms with Crippen LogP contribution in [0.1, 0.15) is 55.7 Å². The van der Waals surface area contributed by atoms with Crippen molar-refractivity contribution in [3.05, 3.63) is 120 Å². The van der Waals surface area contributed by atoms with Crippen molar-refractivity contribution in [2.75, 3.05) is 0 Å². The maximum absolute atomic E-state index is 7.00. The molecule has 2 aromatic heterocycles. The first-order valence-electron chi connectivity index (χ1n) is 13.6. The number of pyridine rings is 2. The van der Waals surface area contributed by atoms with Gasteiger partial charge in [-0.3, -0.25) is 0 Å². The predicted molar refractivity (Wildman–Crippen MR) is 159 cm³/mol. The lowest BCUT2D eigenvalue weighted by molar-refractivity contribution is 0.165. The summed E-state index contributed by atoms with van der Waals surface area (Å²) in [5, 5.41) is 0.0714. The topological polar surface area (TPSA) is 53.5 Å². The van der Waals surface area contributed by atoms with E-state index in [9.17, 15) is 0 Å². The largest absolute Gasteiger partial charge is 0.473 e. The molecule has 4 rings (SSSR count). The van der Waals surface area contributed by atoms with Crippen LogP contribution in [0.3, 0.4) is 0 Å². The van der Waals surface area contributed by atoms with Crippen molar-refractivity contribution in [2.45, 2.75) is 71.1 Å². The third-order valence-electron chi connectivity index (χ3n) is 7.28. The number of benzene rings is 2. The van der Waals surface area contributed by atoms with Gasteiger partial charge in [0.15, 0.2) is 8.32 Å². The fourth-order valence-electron chi connectivity index (χ4n) is 3.99. The molecule has 0 fully saturated rings. The Morgan fingerprint density at radius 1 is 0.744 bits per heavy atom. The summed E-state index contributed by atoms with van der Waals surface area (Å²) < 4.78 is 19.2. The lowest BCUT2D eigenvalue weighted by Crippen LogP contribution is -2.42. The zero-order valence-corrected chi connectivity index (χ0v) is 24.8. The van der Waals surface area contributed by atoms with Gasteiger partial charge in [0.25, 0.3) is 0 Å². The molecule has 0 N–H and O–H groups in total. The van der Waals surface area contributed by atoms with Crippen LogP contribution < -0.4 is 9.47 Å². The van der Waals surface area contributed by atoms with Crippen LogP contribution in [-0.4, -0.2) is 18.3 Å². The first-order chi connectivity index (χ1) is 18.7. The summed E-state index contributed by atoms with van der Waals surface area (Å²) in [5.74, 6) is 1.25. The van der Waals surface area contributed by atoms with E-state index in [0.29, 0.717) is 25.0 Å². The minimum atomic E-state index is -2.09. The second-order valence-electron chi connectivity index (χ2n) is 11.3. The summed E-state index contributed by atoms with van der Waals surface area (Å²) >= 11 is 0. The second kappa shape index (κ2) is 13.0. The number of ether oxygens (including phenoxy) is 2. The van der Waals surface area contributed by atoms with E-state index in [1.807, 2.05) is 54.6 Å². The van der Waals surface area contributed by atoms with Gasteiger partial charge in [-0.15, -0.1) is 0 Å². The van der Waals surface area contributed by atoms with E-state index in [1.54, 1.807) is 6.20 Å². The maximum Gasteiger partial charge on any atom is 0.219 e. The predicted octanol–water partition coefficient (Wildman–Crippen LogP) is 8.33. The number of rotatable bonds is 12. The van der Waals surface area contributed by atoms with Crippen molar-refractivity contribution in [1.29, 1.82) is 0 Å². The Morgan fingerprint density at radius 2 is 1.38 bits per heavy atom. The van der Waals surface area contributed by atoms with Gasteiger partial charge in [0.2, 0.25) is 11.8 Å². The number of hydrogen-bond acceptors (Lipinski definition) is 5. The molecule has 2 aromatic carbocycles. The van der Waals surface area contributed by atoms with E-state index < -0.39 is 8.32 Å². The normalized spacial score (nSPS) is 12.6. The molecular weight excluding hydrogens is 500 g/mol. The third-order valence-corrected chi connectivity index (χ3v) is 11.8. The number of nitrogens with zero attached hydrogens (tertiary/aromatic N) is 2. The number of hydrogen-bond donors (Lipinski definition) is 0. The van der Waals surface area contributed by atoms with E-state index in [4.69, 9.17) is 18.9 Å².